The second-order valence-corrected chi connectivity index (χ2v) is 8.24. The van der Waals surface area contributed by atoms with E-state index < -0.39 is 10.0 Å². The number of methoxy groups -OCH3 is 2. The number of anilines is 2. The Bertz CT molecular complexity index is 950. The number of hydrogen-bond donors (Lipinski definition) is 1. The highest BCUT2D eigenvalue weighted by atomic mass is 32.2. The Morgan fingerprint density at radius 1 is 1.07 bits per heavy atom. The Morgan fingerprint density at radius 3 is 2.33 bits per heavy atom. The number of rotatable bonds is 5. The van der Waals surface area contributed by atoms with Crippen molar-refractivity contribution in [3.8, 4) is 11.5 Å². The molecule has 0 unspecified atom stereocenters. The second kappa shape index (κ2) is 7.48. The van der Waals surface area contributed by atoms with Crippen molar-refractivity contribution in [2.24, 2.45) is 0 Å². The molecule has 0 radical (unpaired) electrons. The van der Waals surface area contributed by atoms with Crippen LogP contribution in [-0.2, 0) is 16.4 Å². The number of nitrogens with zero attached hydrogens (tertiary/aromatic N) is 1. The van der Waals surface area contributed by atoms with E-state index >= 15 is 0 Å². The maximum Gasteiger partial charge on any atom is 0.255 e. The summed E-state index contributed by atoms with van der Waals surface area (Å²) >= 11 is 0. The van der Waals surface area contributed by atoms with Gasteiger partial charge < -0.3 is 14.8 Å². The van der Waals surface area contributed by atoms with Crippen LogP contribution in [0.15, 0.2) is 36.4 Å². The van der Waals surface area contributed by atoms with Crippen molar-refractivity contribution in [2.75, 3.05) is 36.6 Å². The zero-order valence-electron chi connectivity index (χ0n) is 15.5. The van der Waals surface area contributed by atoms with E-state index in [4.69, 9.17) is 9.47 Å². The lowest BCUT2D eigenvalue weighted by Crippen LogP contribution is -2.34. The third-order valence-electron chi connectivity index (χ3n) is 4.43. The van der Waals surface area contributed by atoms with Crippen LogP contribution >= 0.6 is 0 Å². The normalized spacial score (nSPS) is 13.7. The van der Waals surface area contributed by atoms with Crippen LogP contribution in [0.25, 0.3) is 0 Å². The molecule has 0 aromatic heterocycles. The van der Waals surface area contributed by atoms with Crippen molar-refractivity contribution in [1.82, 2.24) is 0 Å². The molecule has 0 saturated carbocycles. The van der Waals surface area contributed by atoms with E-state index in [2.05, 4.69) is 5.32 Å². The Hall–Kier alpha value is -2.74. The number of aryl methyl sites for hydroxylation is 1. The van der Waals surface area contributed by atoms with Crippen molar-refractivity contribution < 1.29 is 22.7 Å². The Kier molecular flexibility index (Phi) is 5.27. The van der Waals surface area contributed by atoms with Gasteiger partial charge in [-0.3, -0.25) is 9.10 Å². The molecule has 2 aromatic carbocycles. The highest BCUT2D eigenvalue weighted by molar-refractivity contribution is 7.92. The Labute approximate surface area is 158 Å². The van der Waals surface area contributed by atoms with Crippen molar-refractivity contribution in [1.29, 1.82) is 0 Å². The quantitative estimate of drug-likeness (QED) is 0.848. The smallest absolute Gasteiger partial charge is 0.255 e. The van der Waals surface area contributed by atoms with E-state index in [1.54, 1.807) is 30.3 Å². The molecule has 0 atom stereocenters. The van der Waals surface area contributed by atoms with Crippen molar-refractivity contribution in [3.05, 3.63) is 47.5 Å². The third kappa shape index (κ3) is 4.16. The lowest BCUT2D eigenvalue weighted by molar-refractivity contribution is 0.102. The maximum atomic E-state index is 12.6. The average molecular weight is 390 g/mol. The van der Waals surface area contributed by atoms with Gasteiger partial charge in [0.1, 0.15) is 11.5 Å². The predicted molar refractivity (Wildman–Crippen MR) is 104 cm³/mol. The number of amides is 1. The summed E-state index contributed by atoms with van der Waals surface area (Å²) in [6, 6.07) is 10.2. The van der Waals surface area contributed by atoms with Crippen molar-refractivity contribution in [3.63, 3.8) is 0 Å². The summed E-state index contributed by atoms with van der Waals surface area (Å²) in [6.45, 7) is 0.473. The lowest BCUT2D eigenvalue weighted by Gasteiger charge is -2.29. The molecule has 8 heteroatoms. The summed E-state index contributed by atoms with van der Waals surface area (Å²) in [5, 5.41) is 2.85. The molecule has 0 aliphatic carbocycles. The number of sulfonamides is 1. The standard InChI is InChI=1S/C19H22N2O5S/c1-25-16-10-14(11-17(12-16)26-2)19(22)20-15-6-7-18-13(9-15)5-4-8-21(18)27(3,23)24/h6-7,9-12H,4-5,8H2,1-3H3,(H,20,22). The average Bonchev–Trinajstić information content (AvgIpc) is 2.66. The molecule has 1 aliphatic rings. The molecule has 27 heavy (non-hydrogen) atoms. The molecule has 0 fully saturated rings. The number of carbonyl (C=O) groups is 1. The summed E-state index contributed by atoms with van der Waals surface area (Å²) in [7, 11) is -0.273. The Balaban J connectivity index is 1.86. The molecule has 144 valence electrons. The topological polar surface area (TPSA) is 84.9 Å². The molecule has 0 saturated heterocycles. The van der Waals surface area contributed by atoms with Crippen LogP contribution in [0.3, 0.4) is 0 Å². The predicted octanol–water partition coefficient (Wildman–Crippen LogP) is 2.67. The van der Waals surface area contributed by atoms with E-state index in [9.17, 15) is 13.2 Å². The molecule has 3 rings (SSSR count). The SMILES string of the molecule is COc1cc(OC)cc(C(=O)Nc2ccc3c(c2)CCCN3S(C)(=O)=O)c1. The highest BCUT2D eigenvalue weighted by Crippen LogP contribution is 2.31. The molecule has 1 amide bonds. The van der Waals surface area contributed by atoms with Crippen LogP contribution in [-0.4, -0.2) is 41.3 Å². The first kappa shape index (κ1) is 19.0. The van der Waals surface area contributed by atoms with Gasteiger partial charge in [-0.2, -0.15) is 0 Å². The zero-order valence-corrected chi connectivity index (χ0v) is 16.3. The molecular formula is C19H22N2O5S. The number of fused-ring (bicyclic) bond motifs is 1. The molecule has 1 heterocycles. The van der Waals surface area contributed by atoms with Crippen LogP contribution < -0.4 is 19.1 Å². The molecule has 7 nitrogen and oxygen atoms in total. The van der Waals surface area contributed by atoms with Crippen molar-refractivity contribution in [2.45, 2.75) is 12.8 Å². The molecule has 1 aliphatic heterocycles. The van der Waals surface area contributed by atoms with Gasteiger partial charge in [0.05, 0.1) is 26.2 Å². The minimum atomic E-state index is -3.32. The van der Waals surface area contributed by atoms with E-state index in [1.807, 2.05) is 6.07 Å². The van der Waals surface area contributed by atoms with E-state index in [-0.39, 0.29) is 5.91 Å². The van der Waals surface area contributed by atoms with Gasteiger partial charge in [-0.05, 0) is 48.7 Å². The first-order chi connectivity index (χ1) is 12.8. The fourth-order valence-electron chi connectivity index (χ4n) is 3.13. The van der Waals surface area contributed by atoms with Crippen molar-refractivity contribution >= 4 is 27.3 Å². The molecule has 0 spiro atoms. The van der Waals surface area contributed by atoms with Crippen LogP contribution in [0.5, 0.6) is 11.5 Å². The van der Waals surface area contributed by atoms with Crippen LogP contribution in [0, 0.1) is 0 Å². The summed E-state index contributed by atoms with van der Waals surface area (Å²) in [6.07, 6.45) is 2.70. The number of hydrogen-bond acceptors (Lipinski definition) is 5. The Morgan fingerprint density at radius 2 is 1.74 bits per heavy atom. The molecule has 2 aromatic rings. The van der Waals surface area contributed by atoms with Gasteiger partial charge in [0.2, 0.25) is 10.0 Å². The maximum absolute atomic E-state index is 12.6. The van der Waals surface area contributed by atoms with Gasteiger partial charge >= 0.3 is 0 Å². The van der Waals surface area contributed by atoms with Gasteiger partial charge in [0.25, 0.3) is 5.91 Å². The minimum absolute atomic E-state index is 0.303. The molecular weight excluding hydrogens is 368 g/mol. The number of benzene rings is 2. The number of ether oxygens (including phenoxy) is 2. The first-order valence-corrected chi connectivity index (χ1v) is 10.3. The second-order valence-electron chi connectivity index (χ2n) is 6.34. The fourth-order valence-corrected chi connectivity index (χ4v) is 4.12. The van der Waals surface area contributed by atoms with E-state index in [0.29, 0.717) is 35.0 Å². The third-order valence-corrected chi connectivity index (χ3v) is 5.61. The largest absolute Gasteiger partial charge is 0.497 e. The van der Waals surface area contributed by atoms with Gasteiger partial charge in [-0.25, -0.2) is 8.42 Å². The number of nitrogens with one attached hydrogen (secondary N) is 1. The minimum Gasteiger partial charge on any atom is -0.497 e. The molecule has 1 N–H and O–H groups in total. The lowest BCUT2D eigenvalue weighted by atomic mass is 10.0. The van der Waals surface area contributed by atoms with E-state index in [0.717, 1.165) is 18.4 Å². The molecule has 0 bridgehead atoms. The van der Waals surface area contributed by atoms with Gasteiger partial charge in [-0.15, -0.1) is 0 Å². The van der Waals surface area contributed by atoms with Gasteiger partial charge in [0.15, 0.2) is 0 Å². The van der Waals surface area contributed by atoms with E-state index in [1.165, 1.54) is 24.8 Å². The number of carbonyl (C=O) groups excluding carboxylic acids is 1. The van der Waals surface area contributed by atoms with Crippen LogP contribution in [0.2, 0.25) is 0 Å². The fraction of sp³-hybridized carbons (Fsp3) is 0.316. The van der Waals surface area contributed by atoms with Gasteiger partial charge in [-0.1, -0.05) is 0 Å². The monoisotopic (exact) mass is 390 g/mol. The summed E-state index contributed by atoms with van der Waals surface area (Å²) in [5.74, 6) is 0.741. The first-order valence-electron chi connectivity index (χ1n) is 8.47. The zero-order chi connectivity index (χ0) is 19.6. The summed E-state index contributed by atoms with van der Waals surface area (Å²) in [4.78, 5) is 12.6. The highest BCUT2D eigenvalue weighted by Gasteiger charge is 2.24. The summed E-state index contributed by atoms with van der Waals surface area (Å²) < 4.78 is 35.7. The van der Waals surface area contributed by atoms with Crippen LogP contribution in [0.1, 0.15) is 22.3 Å². The summed E-state index contributed by atoms with van der Waals surface area (Å²) in [5.41, 5.74) is 2.58. The van der Waals surface area contributed by atoms with Gasteiger partial charge in [0, 0.05) is 23.9 Å². The van der Waals surface area contributed by atoms with Crippen LogP contribution in [0.4, 0.5) is 11.4 Å².